The van der Waals surface area contributed by atoms with Crippen molar-refractivity contribution in [3.8, 4) is 0 Å². The molecule has 2 aromatic carbocycles. The van der Waals surface area contributed by atoms with Crippen molar-refractivity contribution in [3.05, 3.63) is 101 Å². The first-order chi connectivity index (χ1) is 24.9. The molecule has 4 aromatic rings. The molecule has 17 heteroatoms. The number of nitrogens with zero attached hydrogens (tertiary/aromatic N) is 6. The normalized spacial score (nSPS) is 14.8. The number of hydrogen-bond donors (Lipinski definition) is 6. The molecule has 1 fully saturated rings. The lowest BCUT2D eigenvalue weighted by Crippen LogP contribution is -2.40. The molecule has 1 aliphatic heterocycles. The van der Waals surface area contributed by atoms with Crippen molar-refractivity contribution in [2.45, 2.75) is 44.7 Å². The average molecular weight is 709 g/mol. The minimum atomic E-state index is -0.545. The van der Waals surface area contributed by atoms with Gasteiger partial charge in [-0.1, -0.05) is 36.9 Å². The SMILES string of the molecule is C=C(NCCN(CCCNC(=O)OCc1ccc([N+](=O)[O-])cc1)CC1CCC(n2cnc3c(N)ncnc32)O1)NCc1ccccc1.CO.CO. The van der Waals surface area contributed by atoms with Crippen LogP contribution in [-0.4, -0.2) is 98.7 Å². The van der Waals surface area contributed by atoms with Gasteiger partial charge in [0.05, 0.1) is 23.2 Å². The maximum Gasteiger partial charge on any atom is 0.407 e. The van der Waals surface area contributed by atoms with Crippen molar-refractivity contribution in [2.75, 3.05) is 52.7 Å². The van der Waals surface area contributed by atoms with Gasteiger partial charge in [0.1, 0.15) is 24.7 Å². The number of ether oxygens (including phenoxy) is 2. The van der Waals surface area contributed by atoms with Crippen LogP contribution < -0.4 is 21.7 Å². The molecule has 2 unspecified atom stereocenters. The smallest absolute Gasteiger partial charge is 0.407 e. The fraction of sp³-hybridized carbons (Fsp3) is 0.412. The number of anilines is 1. The predicted molar refractivity (Wildman–Crippen MR) is 192 cm³/mol. The van der Waals surface area contributed by atoms with Gasteiger partial charge in [-0.05, 0) is 49.1 Å². The van der Waals surface area contributed by atoms with E-state index in [1.165, 1.54) is 24.0 Å². The summed E-state index contributed by atoms with van der Waals surface area (Å²) in [5, 5.41) is 34.3. The molecule has 1 saturated heterocycles. The molecular weight excluding hydrogens is 660 g/mol. The van der Waals surface area contributed by atoms with E-state index < -0.39 is 11.0 Å². The summed E-state index contributed by atoms with van der Waals surface area (Å²) < 4.78 is 13.6. The first-order valence-corrected chi connectivity index (χ1v) is 16.4. The summed E-state index contributed by atoms with van der Waals surface area (Å²) in [5.74, 6) is 1.09. The van der Waals surface area contributed by atoms with Gasteiger partial charge in [0, 0.05) is 59.1 Å². The van der Waals surface area contributed by atoms with Crippen molar-refractivity contribution in [2.24, 2.45) is 0 Å². The van der Waals surface area contributed by atoms with Crippen LogP contribution >= 0.6 is 0 Å². The summed E-state index contributed by atoms with van der Waals surface area (Å²) in [5.41, 5.74) is 9.00. The van der Waals surface area contributed by atoms with Gasteiger partial charge < -0.3 is 41.4 Å². The molecule has 17 nitrogen and oxygen atoms in total. The molecule has 0 spiro atoms. The summed E-state index contributed by atoms with van der Waals surface area (Å²) in [6, 6.07) is 16.0. The Bertz CT molecular complexity index is 1640. The van der Waals surface area contributed by atoms with Gasteiger partial charge in [0.2, 0.25) is 0 Å². The number of nitrogen functional groups attached to an aromatic ring is 1. The number of nitrogens with two attached hydrogens (primary N) is 1. The van der Waals surface area contributed by atoms with E-state index in [4.69, 9.17) is 25.4 Å². The highest BCUT2D eigenvalue weighted by molar-refractivity contribution is 5.81. The Morgan fingerprint density at radius 1 is 1.02 bits per heavy atom. The van der Waals surface area contributed by atoms with E-state index in [1.54, 1.807) is 18.5 Å². The number of nitrogens with one attached hydrogen (secondary N) is 3. The molecule has 1 amide bonds. The number of benzene rings is 2. The molecule has 0 aliphatic carbocycles. The number of rotatable bonds is 17. The van der Waals surface area contributed by atoms with E-state index in [0.29, 0.717) is 55.1 Å². The average Bonchev–Trinajstić information content (AvgIpc) is 3.81. The molecule has 5 rings (SSSR count). The van der Waals surface area contributed by atoms with Crippen molar-refractivity contribution < 1.29 is 29.4 Å². The molecule has 7 N–H and O–H groups in total. The second-order valence-electron chi connectivity index (χ2n) is 11.2. The molecule has 0 saturated carbocycles. The number of alkyl carbamates (subject to hydrolysis) is 1. The highest BCUT2D eigenvalue weighted by Crippen LogP contribution is 2.31. The largest absolute Gasteiger partial charge is 0.445 e. The summed E-state index contributed by atoms with van der Waals surface area (Å²) in [7, 11) is 2.00. The number of nitro groups is 1. The molecule has 1 aliphatic rings. The highest BCUT2D eigenvalue weighted by atomic mass is 16.6. The van der Waals surface area contributed by atoms with Crippen LogP contribution in [0.3, 0.4) is 0 Å². The number of amides is 1. The Morgan fingerprint density at radius 3 is 2.49 bits per heavy atom. The van der Waals surface area contributed by atoms with Crippen molar-refractivity contribution in [1.82, 2.24) is 40.4 Å². The van der Waals surface area contributed by atoms with E-state index in [2.05, 4.69) is 54.5 Å². The van der Waals surface area contributed by atoms with Gasteiger partial charge in [-0.25, -0.2) is 19.7 Å². The fourth-order valence-corrected chi connectivity index (χ4v) is 5.33. The van der Waals surface area contributed by atoms with Crippen LogP contribution in [0.25, 0.3) is 11.2 Å². The van der Waals surface area contributed by atoms with Gasteiger partial charge >= 0.3 is 6.09 Å². The number of carbonyl (C=O) groups excluding carboxylic acids is 1. The topological polar surface area (TPSA) is 228 Å². The Morgan fingerprint density at radius 2 is 1.76 bits per heavy atom. The number of hydrogen-bond acceptors (Lipinski definition) is 14. The molecule has 0 bridgehead atoms. The highest BCUT2D eigenvalue weighted by Gasteiger charge is 2.29. The zero-order valence-electron chi connectivity index (χ0n) is 29.0. The van der Waals surface area contributed by atoms with Crippen LogP contribution in [0, 0.1) is 10.1 Å². The lowest BCUT2D eigenvalue weighted by Gasteiger charge is -2.26. The summed E-state index contributed by atoms with van der Waals surface area (Å²) in [6.07, 6.45) is 4.75. The van der Waals surface area contributed by atoms with Crippen LogP contribution in [0.15, 0.2) is 79.7 Å². The van der Waals surface area contributed by atoms with Crippen LogP contribution in [0.2, 0.25) is 0 Å². The number of aliphatic hydroxyl groups excluding tert-OH is 2. The molecule has 0 radical (unpaired) electrons. The zero-order valence-corrected chi connectivity index (χ0v) is 29.0. The summed E-state index contributed by atoms with van der Waals surface area (Å²) >= 11 is 0. The number of aliphatic hydroxyl groups is 2. The number of imidazole rings is 1. The van der Waals surface area contributed by atoms with Crippen LogP contribution in [0.4, 0.5) is 16.3 Å². The molecule has 2 aromatic heterocycles. The second kappa shape index (κ2) is 21.7. The molecule has 3 heterocycles. The molecular formula is C34H48N10O7. The summed E-state index contributed by atoms with van der Waals surface area (Å²) in [6.45, 7) is 8.05. The number of carbonyl (C=O) groups is 1. The number of nitro benzene ring substituents is 1. The lowest BCUT2D eigenvalue weighted by atomic mass is 10.2. The Hall–Kier alpha value is -5.36. The number of fused-ring (bicyclic) bond motifs is 1. The van der Waals surface area contributed by atoms with Crippen LogP contribution in [0.1, 0.15) is 36.6 Å². The maximum atomic E-state index is 12.3. The number of non-ortho nitro benzene ring substituents is 1. The zero-order chi connectivity index (χ0) is 37.0. The summed E-state index contributed by atoms with van der Waals surface area (Å²) in [4.78, 5) is 37.7. The first-order valence-electron chi connectivity index (χ1n) is 16.4. The Labute approximate surface area is 296 Å². The molecule has 276 valence electrons. The van der Waals surface area contributed by atoms with Gasteiger partial charge in [0.15, 0.2) is 11.5 Å². The van der Waals surface area contributed by atoms with Gasteiger partial charge in [0.25, 0.3) is 5.69 Å². The van der Waals surface area contributed by atoms with Gasteiger partial charge in [-0.2, -0.15) is 0 Å². The lowest BCUT2D eigenvalue weighted by molar-refractivity contribution is -0.384. The predicted octanol–water partition coefficient (Wildman–Crippen LogP) is 2.68. The third-order valence-corrected chi connectivity index (χ3v) is 7.80. The van der Waals surface area contributed by atoms with E-state index in [0.717, 1.165) is 46.0 Å². The van der Waals surface area contributed by atoms with E-state index in [1.807, 2.05) is 22.8 Å². The third kappa shape index (κ3) is 12.8. The maximum absolute atomic E-state index is 12.3. The van der Waals surface area contributed by atoms with Crippen molar-refractivity contribution >= 4 is 28.8 Å². The van der Waals surface area contributed by atoms with Gasteiger partial charge in [-0.3, -0.25) is 19.6 Å². The quantitative estimate of drug-likeness (QED) is 0.0527. The van der Waals surface area contributed by atoms with Crippen molar-refractivity contribution in [3.63, 3.8) is 0 Å². The Kier molecular flexibility index (Phi) is 17.0. The van der Waals surface area contributed by atoms with Crippen molar-refractivity contribution in [1.29, 1.82) is 0 Å². The monoisotopic (exact) mass is 708 g/mol. The first kappa shape index (κ1) is 40.1. The van der Waals surface area contributed by atoms with E-state index >= 15 is 0 Å². The molecule has 2 atom stereocenters. The minimum Gasteiger partial charge on any atom is -0.445 e. The minimum absolute atomic E-state index is 0.00402. The van der Waals surface area contributed by atoms with E-state index in [9.17, 15) is 14.9 Å². The van der Waals surface area contributed by atoms with Gasteiger partial charge in [-0.15, -0.1) is 0 Å². The van der Waals surface area contributed by atoms with E-state index in [-0.39, 0.29) is 24.6 Å². The number of aromatic nitrogens is 4. The molecule has 51 heavy (non-hydrogen) atoms. The fourth-order valence-electron chi connectivity index (χ4n) is 5.33. The third-order valence-electron chi connectivity index (χ3n) is 7.80. The second-order valence-corrected chi connectivity index (χ2v) is 11.2. The Balaban J connectivity index is 0.00000169. The van der Waals surface area contributed by atoms with Crippen LogP contribution in [0.5, 0.6) is 0 Å². The van der Waals surface area contributed by atoms with Crippen LogP contribution in [-0.2, 0) is 22.6 Å². The standard InChI is InChI=1S/C32H40N10O5.2CH4O/c1-23(36-18-24-6-3-2-4-7-24)34-15-17-40(16-5-14-35-32(43)46-20-25-8-10-26(11-9-25)42(44)45)19-27-12-13-28(47-27)41-22-39-29-30(33)37-21-38-31(29)41;2*1-2/h2-4,6-11,21-22,27-28,34,36H,1,5,12-20H2,(H,35,43)(H2,33,37,38);2*2H,1H3.